The van der Waals surface area contributed by atoms with Crippen LogP contribution < -0.4 is 16.0 Å². The van der Waals surface area contributed by atoms with E-state index in [0.29, 0.717) is 0 Å². The average molecular weight is 123 g/mol. The van der Waals surface area contributed by atoms with Gasteiger partial charge in [0.1, 0.15) is 7.05 Å². The van der Waals surface area contributed by atoms with Crippen LogP contribution in [0.15, 0.2) is 0 Å². The van der Waals surface area contributed by atoms with Crippen LogP contribution in [-0.4, -0.2) is 14.1 Å². The van der Waals surface area contributed by atoms with Gasteiger partial charge in [-0.3, -0.25) is 0 Å². The fourth-order valence-corrected chi connectivity index (χ4v) is 0.182. The molecule has 0 radical (unpaired) electrons. The Morgan fingerprint density at radius 2 is 2.00 bits per heavy atom. The molecule has 0 aliphatic heterocycles. The summed E-state index contributed by atoms with van der Waals surface area (Å²) >= 11 is 0. The lowest BCUT2D eigenvalue weighted by atomic mass is 11.5. The summed E-state index contributed by atoms with van der Waals surface area (Å²) < 4.78 is 0. The summed E-state index contributed by atoms with van der Waals surface area (Å²) in [5.74, 6) is 0. The normalized spacial score (nSPS) is 18.0. The van der Waals surface area contributed by atoms with Crippen LogP contribution >= 0.6 is 0 Å². The number of hydroxylamine groups is 2. The predicted molar refractivity (Wildman–Crippen MR) is 24.7 cm³/mol. The minimum Gasteiger partial charge on any atom is -0.596 e. The molecule has 0 saturated carbocycles. The quantitative estimate of drug-likeness (QED) is 0.338. The van der Waals surface area contributed by atoms with Crippen LogP contribution in [0, 0.1) is 10.4 Å². The first kappa shape index (κ1) is 7.76. The van der Waals surface area contributed by atoms with Crippen LogP contribution in [0.5, 0.6) is 0 Å². The number of quaternary nitrogens is 2. The van der Waals surface area contributed by atoms with Crippen LogP contribution in [0.2, 0.25) is 0 Å². The summed E-state index contributed by atoms with van der Waals surface area (Å²) in [5.41, 5.74) is 2.11. The second-order valence-corrected chi connectivity index (χ2v) is 1.13. The minimum atomic E-state index is -0.725. The van der Waals surface area contributed by atoms with E-state index in [9.17, 15) is 10.4 Å². The van der Waals surface area contributed by atoms with E-state index in [1.165, 1.54) is 7.05 Å². The molecule has 8 heavy (non-hydrogen) atoms. The summed E-state index contributed by atoms with van der Waals surface area (Å²) in [6, 6.07) is 0. The molecule has 0 spiro atoms. The van der Waals surface area contributed by atoms with Gasteiger partial charge in [0.05, 0.1) is 0 Å². The molecule has 2 atom stereocenters. The Bertz CT molecular complexity index is 58.5. The van der Waals surface area contributed by atoms with Crippen molar-refractivity contribution in [2.45, 2.75) is 0 Å². The maximum Gasteiger partial charge on any atom is 0.102 e. The van der Waals surface area contributed by atoms with Gasteiger partial charge in [-0.15, -0.1) is 5.43 Å². The van der Waals surface area contributed by atoms with Gasteiger partial charge in [-0.25, -0.2) is 0 Å². The van der Waals surface area contributed by atoms with Gasteiger partial charge >= 0.3 is 0 Å². The van der Waals surface area contributed by atoms with Gasteiger partial charge in [0.2, 0.25) is 0 Å². The van der Waals surface area contributed by atoms with Crippen LogP contribution in [0.4, 0.5) is 0 Å². The van der Waals surface area contributed by atoms with E-state index in [1.807, 2.05) is 0 Å². The Kier molecular flexibility index (Phi) is 3.61. The lowest BCUT2D eigenvalue weighted by molar-refractivity contribution is -1.32. The Balaban J connectivity index is 3.10. The van der Waals surface area contributed by atoms with E-state index in [-0.39, 0.29) is 0 Å². The van der Waals surface area contributed by atoms with E-state index < -0.39 is 10.6 Å². The van der Waals surface area contributed by atoms with Crippen molar-refractivity contribution >= 4 is 0 Å². The Labute approximate surface area is 46.7 Å². The zero-order valence-electron chi connectivity index (χ0n) is 4.72. The van der Waals surface area contributed by atoms with Crippen molar-refractivity contribution in [1.29, 1.82) is 0 Å². The molecule has 6 heteroatoms. The Morgan fingerprint density at radius 3 is 2.12 bits per heavy atom. The molecule has 0 amide bonds. The summed E-state index contributed by atoms with van der Waals surface area (Å²) in [5, 5.41) is 18.7. The zero-order valence-corrected chi connectivity index (χ0v) is 4.72. The second kappa shape index (κ2) is 3.72. The van der Waals surface area contributed by atoms with Crippen molar-refractivity contribution in [1.82, 2.24) is 5.43 Å². The number of hydrogen-bond acceptors (Lipinski definition) is 4. The molecule has 0 rings (SSSR count). The number of nitrogens with one attached hydrogen (secondary N) is 3. The fourth-order valence-electron chi connectivity index (χ4n) is 0.182. The van der Waals surface area contributed by atoms with Crippen molar-refractivity contribution in [3.8, 4) is 0 Å². The third-order valence-electron chi connectivity index (χ3n) is 0.441. The summed E-state index contributed by atoms with van der Waals surface area (Å²) in [6.07, 6.45) is 0. The number of hydrogen-bond donors (Lipinski definition) is 3. The standard InChI is InChI=1S/C2H9N3O3/c1-3-5(7)8-4(2)6/h3-5H,1-2H3. The number of rotatable bonds is 3. The van der Waals surface area contributed by atoms with Crippen molar-refractivity contribution in [3.05, 3.63) is 10.4 Å². The predicted octanol–water partition coefficient (Wildman–Crippen LogP) is -3.64. The van der Waals surface area contributed by atoms with Gasteiger partial charge < -0.3 is 10.4 Å². The van der Waals surface area contributed by atoms with Crippen molar-refractivity contribution in [2.75, 3.05) is 14.1 Å². The smallest absolute Gasteiger partial charge is 0.102 e. The van der Waals surface area contributed by atoms with Crippen molar-refractivity contribution < 1.29 is 15.5 Å². The summed E-state index contributed by atoms with van der Waals surface area (Å²) in [4.78, 5) is 4.01. The molecule has 3 N–H and O–H groups in total. The molecule has 0 bridgehead atoms. The molecule has 0 heterocycles. The van der Waals surface area contributed by atoms with E-state index in [1.54, 1.807) is 0 Å². The molecule has 2 unspecified atom stereocenters. The molecule has 0 aromatic rings. The summed E-state index contributed by atoms with van der Waals surface area (Å²) in [7, 11) is 2.54. The van der Waals surface area contributed by atoms with E-state index >= 15 is 0 Å². The topological polar surface area (TPSA) is 76.3 Å². The first-order valence-corrected chi connectivity index (χ1v) is 2.07. The van der Waals surface area contributed by atoms with Gasteiger partial charge in [-0.1, -0.05) is 5.34 Å². The highest BCUT2D eigenvalue weighted by Crippen LogP contribution is 1.22. The second-order valence-electron chi connectivity index (χ2n) is 1.13. The third kappa shape index (κ3) is 3.93. The largest absolute Gasteiger partial charge is 0.596 e. The molecule has 50 valence electrons. The van der Waals surface area contributed by atoms with Crippen LogP contribution in [0.3, 0.4) is 0 Å². The lowest BCUT2D eigenvalue weighted by Gasteiger charge is -2.19. The van der Waals surface area contributed by atoms with E-state index in [0.717, 1.165) is 7.05 Å². The molecule has 0 fully saturated rings. The fraction of sp³-hybridized carbons (Fsp3) is 1.00. The van der Waals surface area contributed by atoms with E-state index in [4.69, 9.17) is 0 Å². The highest BCUT2D eigenvalue weighted by Gasteiger charge is 1.93. The summed E-state index contributed by atoms with van der Waals surface area (Å²) in [6.45, 7) is 0. The van der Waals surface area contributed by atoms with Gasteiger partial charge in [-0.2, -0.15) is 5.23 Å². The molecule has 0 saturated heterocycles. The van der Waals surface area contributed by atoms with Gasteiger partial charge in [0.15, 0.2) is 0 Å². The zero-order chi connectivity index (χ0) is 6.57. The molecule has 0 aliphatic carbocycles. The van der Waals surface area contributed by atoms with Crippen LogP contribution in [0.25, 0.3) is 0 Å². The highest BCUT2D eigenvalue weighted by atomic mass is 17.1. The first-order chi connectivity index (χ1) is 3.66. The molecule has 0 aromatic carbocycles. The molecule has 0 aliphatic rings. The molecular weight excluding hydrogens is 114 g/mol. The third-order valence-corrected chi connectivity index (χ3v) is 0.441. The molecule has 0 aromatic heterocycles. The van der Waals surface area contributed by atoms with Crippen molar-refractivity contribution in [3.63, 3.8) is 0 Å². The maximum atomic E-state index is 10.1. The average Bonchev–Trinajstić information content (AvgIpc) is 1.65. The first-order valence-electron chi connectivity index (χ1n) is 2.07. The maximum absolute atomic E-state index is 10.1. The molecule has 6 nitrogen and oxygen atoms in total. The van der Waals surface area contributed by atoms with E-state index in [2.05, 4.69) is 10.4 Å². The molecular formula is C2H9N3O3. The van der Waals surface area contributed by atoms with Crippen molar-refractivity contribution in [2.24, 2.45) is 0 Å². The lowest BCUT2D eigenvalue weighted by Crippen LogP contribution is -3.27. The van der Waals surface area contributed by atoms with Gasteiger partial charge in [0, 0.05) is 12.0 Å². The minimum absolute atomic E-state index is 0.607. The van der Waals surface area contributed by atoms with Gasteiger partial charge in [-0.05, 0) is 0 Å². The Morgan fingerprint density at radius 1 is 1.50 bits per heavy atom. The highest BCUT2D eigenvalue weighted by molar-refractivity contribution is 3.87. The monoisotopic (exact) mass is 123 g/mol. The van der Waals surface area contributed by atoms with Crippen LogP contribution in [-0.2, 0) is 4.94 Å². The Hall–Kier alpha value is -0.240. The van der Waals surface area contributed by atoms with Gasteiger partial charge in [0.25, 0.3) is 0 Å². The van der Waals surface area contributed by atoms with Crippen LogP contribution in [0.1, 0.15) is 0 Å². The SMILES string of the molecule is CN[NH+]([O-])O[NH+](C)[O-].